The lowest BCUT2D eigenvalue weighted by Gasteiger charge is -2.07. The van der Waals surface area contributed by atoms with Gasteiger partial charge in [-0.15, -0.1) is 0 Å². The Bertz CT molecular complexity index is 636. The van der Waals surface area contributed by atoms with Crippen LogP contribution < -0.4 is 10.6 Å². The van der Waals surface area contributed by atoms with Crippen molar-refractivity contribution < 1.29 is 9.59 Å². The Balaban J connectivity index is 1.64. The first-order valence-corrected chi connectivity index (χ1v) is 7.85. The molecule has 2 amide bonds. The van der Waals surface area contributed by atoms with Crippen LogP contribution in [-0.2, 0) is 16.0 Å². The van der Waals surface area contributed by atoms with E-state index >= 15 is 0 Å². The van der Waals surface area contributed by atoms with E-state index in [1.807, 2.05) is 37.3 Å². The Morgan fingerprint density at radius 3 is 2.26 bits per heavy atom. The lowest BCUT2D eigenvalue weighted by molar-refractivity contribution is -0.136. The third-order valence-corrected chi connectivity index (χ3v) is 3.54. The second-order valence-electron chi connectivity index (χ2n) is 5.52. The average molecular weight is 310 g/mol. The largest absolute Gasteiger partial charge is 0.348 e. The first kappa shape index (κ1) is 16.7. The number of nitrogens with one attached hydrogen (secondary N) is 2. The third-order valence-electron chi connectivity index (χ3n) is 3.54. The van der Waals surface area contributed by atoms with Gasteiger partial charge in [0.05, 0.1) is 0 Å². The summed E-state index contributed by atoms with van der Waals surface area (Å²) in [4.78, 5) is 23.5. The molecule has 2 rings (SSSR count). The van der Waals surface area contributed by atoms with Gasteiger partial charge in [0.2, 0.25) is 0 Å². The Morgan fingerprint density at radius 1 is 0.870 bits per heavy atom. The van der Waals surface area contributed by atoms with Crippen LogP contribution in [0.1, 0.15) is 24.0 Å². The monoisotopic (exact) mass is 310 g/mol. The molecule has 4 nitrogen and oxygen atoms in total. The highest BCUT2D eigenvalue weighted by molar-refractivity contribution is 6.39. The van der Waals surface area contributed by atoms with Crippen molar-refractivity contribution in [1.82, 2.24) is 5.32 Å². The molecule has 0 aromatic heterocycles. The minimum absolute atomic E-state index is 0.507. The van der Waals surface area contributed by atoms with Gasteiger partial charge in [0.1, 0.15) is 0 Å². The van der Waals surface area contributed by atoms with Gasteiger partial charge in [-0.2, -0.15) is 0 Å². The minimum atomic E-state index is -0.628. The first-order valence-electron chi connectivity index (χ1n) is 7.85. The number of hydrogen-bond acceptors (Lipinski definition) is 2. The second kappa shape index (κ2) is 8.73. The van der Waals surface area contributed by atoms with E-state index in [4.69, 9.17) is 0 Å². The molecule has 2 aromatic rings. The van der Waals surface area contributed by atoms with E-state index in [-0.39, 0.29) is 0 Å². The van der Waals surface area contributed by atoms with Crippen molar-refractivity contribution >= 4 is 17.5 Å². The highest BCUT2D eigenvalue weighted by atomic mass is 16.2. The van der Waals surface area contributed by atoms with E-state index in [1.165, 1.54) is 5.56 Å². The number of anilines is 1. The summed E-state index contributed by atoms with van der Waals surface area (Å²) < 4.78 is 0. The van der Waals surface area contributed by atoms with Crippen molar-refractivity contribution in [2.75, 3.05) is 11.9 Å². The molecule has 0 aliphatic rings. The van der Waals surface area contributed by atoms with Crippen molar-refractivity contribution in [3.8, 4) is 0 Å². The number of carbonyl (C=O) groups excluding carboxylic acids is 2. The SMILES string of the molecule is Cc1ccc(NC(=O)C(=O)NCCCCc2ccccc2)cc1. The normalized spacial score (nSPS) is 10.1. The lowest BCUT2D eigenvalue weighted by atomic mass is 10.1. The molecule has 2 aromatic carbocycles. The summed E-state index contributed by atoms with van der Waals surface area (Å²) in [6.07, 6.45) is 2.80. The van der Waals surface area contributed by atoms with Crippen LogP contribution >= 0.6 is 0 Å². The zero-order chi connectivity index (χ0) is 16.5. The molecule has 0 unspecified atom stereocenters. The molecule has 0 fully saturated rings. The maximum atomic E-state index is 11.8. The van der Waals surface area contributed by atoms with Crippen LogP contribution in [0, 0.1) is 6.92 Å². The molecular formula is C19H22N2O2. The maximum Gasteiger partial charge on any atom is 0.313 e. The first-order chi connectivity index (χ1) is 11.1. The summed E-state index contributed by atoms with van der Waals surface area (Å²) in [5.41, 5.74) is 3.02. The zero-order valence-corrected chi connectivity index (χ0v) is 13.3. The highest BCUT2D eigenvalue weighted by Gasteiger charge is 2.12. The quantitative estimate of drug-likeness (QED) is 0.636. The van der Waals surface area contributed by atoms with Gasteiger partial charge in [-0.1, -0.05) is 48.0 Å². The molecule has 0 aliphatic heterocycles. The molecule has 0 spiro atoms. The van der Waals surface area contributed by atoms with Gasteiger partial charge in [-0.05, 0) is 43.9 Å². The van der Waals surface area contributed by atoms with Gasteiger partial charge in [0.15, 0.2) is 0 Å². The van der Waals surface area contributed by atoms with E-state index in [1.54, 1.807) is 12.1 Å². The molecule has 2 N–H and O–H groups in total. The van der Waals surface area contributed by atoms with Crippen molar-refractivity contribution in [3.05, 3.63) is 65.7 Å². The van der Waals surface area contributed by atoms with Gasteiger partial charge in [0.25, 0.3) is 0 Å². The van der Waals surface area contributed by atoms with Crippen LogP contribution in [0.3, 0.4) is 0 Å². The van der Waals surface area contributed by atoms with Crippen molar-refractivity contribution in [2.45, 2.75) is 26.2 Å². The molecule has 0 saturated heterocycles. The van der Waals surface area contributed by atoms with Crippen molar-refractivity contribution in [3.63, 3.8) is 0 Å². The van der Waals surface area contributed by atoms with Crippen LogP contribution in [0.2, 0.25) is 0 Å². The van der Waals surface area contributed by atoms with Crippen molar-refractivity contribution in [1.29, 1.82) is 0 Å². The van der Waals surface area contributed by atoms with Crippen LogP contribution in [0.5, 0.6) is 0 Å². The van der Waals surface area contributed by atoms with Gasteiger partial charge in [-0.25, -0.2) is 0 Å². The third kappa shape index (κ3) is 5.94. The number of carbonyl (C=O) groups is 2. The summed E-state index contributed by atoms with van der Waals surface area (Å²) in [6, 6.07) is 17.5. The molecule has 0 aliphatic carbocycles. The molecule has 0 radical (unpaired) electrons. The van der Waals surface area contributed by atoms with Gasteiger partial charge >= 0.3 is 11.8 Å². The molecule has 23 heavy (non-hydrogen) atoms. The van der Waals surface area contributed by atoms with Gasteiger partial charge in [0, 0.05) is 12.2 Å². The summed E-state index contributed by atoms with van der Waals surface area (Å²) in [5.74, 6) is -1.22. The maximum absolute atomic E-state index is 11.8. The Morgan fingerprint density at radius 2 is 1.57 bits per heavy atom. The fourth-order valence-corrected chi connectivity index (χ4v) is 2.21. The van der Waals surface area contributed by atoms with Gasteiger partial charge < -0.3 is 10.6 Å². The summed E-state index contributed by atoms with van der Waals surface area (Å²) in [7, 11) is 0. The number of hydrogen-bond donors (Lipinski definition) is 2. The molecular weight excluding hydrogens is 288 g/mol. The predicted molar refractivity (Wildman–Crippen MR) is 92.2 cm³/mol. The average Bonchev–Trinajstić information content (AvgIpc) is 2.57. The molecule has 4 heteroatoms. The van der Waals surface area contributed by atoms with Crippen LogP contribution in [0.15, 0.2) is 54.6 Å². The highest BCUT2D eigenvalue weighted by Crippen LogP contribution is 2.08. The van der Waals surface area contributed by atoms with Gasteiger partial charge in [-0.3, -0.25) is 9.59 Å². The molecule has 0 bridgehead atoms. The minimum Gasteiger partial charge on any atom is -0.348 e. The molecule has 120 valence electrons. The number of benzene rings is 2. The van der Waals surface area contributed by atoms with Crippen LogP contribution in [0.4, 0.5) is 5.69 Å². The molecule has 0 heterocycles. The topological polar surface area (TPSA) is 58.2 Å². The number of unbranched alkanes of at least 4 members (excludes halogenated alkanes) is 1. The summed E-state index contributed by atoms with van der Waals surface area (Å²) in [6.45, 7) is 2.47. The fourth-order valence-electron chi connectivity index (χ4n) is 2.21. The predicted octanol–water partition coefficient (Wildman–Crippen LogP) is 3.07. The number of aryl methyl sites for hydroxylation is 2. The molecule has 0 atom stereocenters. The van der Waals surface area contributed by atoms with Crippen LogP contribution in [0.25, 0.3) is 0 Å². The van der Waals surface area contributed by atoms with E-state index < -0.39 is 11.8 Å². The zero-order valence-electron chi connectivity index (χ0n) is 13.3. The van der Waals surface area contributed by atoms with E-state index in [0.717, 1.165) is 24.8 Å². The number of rotatable bonds is 6. The smallest absolute Gasteiger partial charge is 0.313 e. The van der Waals surface area contributed by atoms with Crippen LogP contribution in [-0.4, -0.2) is 18.4 Å². The standard InChI is InChI=1S/C19H22N2O2/c1-15-10-12-17(13-11-15)21-19(23)18(22)20-14-6-5-9-16-7-3-2-4-8-16/h2-4,7-8,10-13H,5-6,9,14H2,1H3,(H,20,22)(H,21,23). The van der Waals surface area contributed by atoms with E-state index in [9.17, 15) is 9.59 Å². The van der Waals surface area contributed by atoms with Crippen molar-refractivity contribution in [2.24, 2.45) is 0 Å². The van der Waals surface area contributed by atoms with E-state index in [2.05, 4.69) is 22.8 Å². The Labute approximate surface area is 136 Å². The number of amides is 2. The Hall–Kier alpha value is -2.62. The fraction of sp³-hybridized carbons (Fsp3) is 0.263. The Kier molecular flexibility index (Phi) is 6.36. The molecule has 0 saturated carbocycles. The lowest BCUT2D eigenvalue weighted by Crippen LogP contribution is -2.35. The second-order valence-corrected chi connectivity index (χ2v) is 5.52. The summed E-state index contributed by atoms with van der Waals surface area (Å²) in [5, 5.41) is 5.23. The van der Waals surface area contributed by atoms with E-state index in [0.29, 0.717) is 12.2 Å². The summed E-state index contributed by atoms with van der Waals surface area (Å²) >= 11 is 0.